The van der Waals surface area contributed by atoms with E-state index in [1.807, 2.05) is 0 Å². The molecule has 1 N–H and O–H groups in total. The van der Waals surface area contributed by atoms with Gasteiger partial charge in [0.15, 0.2) is 0 Å². The van der Waals surface area contributed by atoms with E-state index in [1.54, 1.807) is 7.05 Å². The third-order valence-corrected chi connectivity index (χ3v) is 2.38. The van der Waals surface area contributed by atoms with E-state index in [0.29, 0.717) is 5.69 Å². The maximum Gasteiger partial charge on any atom is 0.416 e. The summed E-state index contributed by atoms with van der Waals surface area (Å²) < 4.78 is 39.1. The zero-order chi connectivity index (χ0) is 12.6. The SMILES string of the molecule is Cn1nncc1-c1cc(C(F)(F)F)cc(=S)[nH]1. The Balaban J connectivity index is 2.61. The second kappa shape index (κ2) is 3.95. The van der Waals surface area contributed by atoms with Gasteiger partial charge in [0.05, 0.1) is 17.5 Å². The first-order valence-corrected chi connectivity index (χ1v) is 4.95. The number of alkyl halides is 3. The molecule has 0 radical (unpaired) electrons. The second-order valence-corrected chi connectivity index (χ2v) is 3.83. The van der Waals surface area contributed by atoms with Crippen molar-refractivity contribution in [1.82, 2.24) is 20.0 Å². The molecule has 90 valence electrons. The van der Waals surface area contributed by atoms with Gasteiger partial charge in [-0.2, -0.15) is 13.2 Å². The van der Waals surface area contributed by atoms with Gasteiger partial charge in [-0.25, -0.2) is 4.68 Å². The molecule has 0 bridgehead atoms. The fourth-order valence-electron chi connectivity index (χ4n) is 1.38. The van der Waals surface area contributed by atoms with Crippen LogP contribution in [0.5, 0.6) is 0 Å². The van der Waals surface area contributed by atoms with Crippen molar-refractivity contribution in [1.29, 1.82) is 0 Å². The zero-order valence-corrected chi connectivity index (χ0v) is 9.43. The predicted octanol–water partition coefficient (Wildman–Crippen LogP) is 2.56. The summed E-state index contributed by atoms with van der Waals surface area (Å²) in [4.78, 5) is 2.68. The Morgan fingerprint density at radius 2 is 2.06 bits per heavy atom. The van der Waals surface area contributed by atoms with Crippen molar-refractivity contribution in [2.45, 2.75) is 6.18 Å². The van der Waals surface area contributed by atoms with Crippen LogP contribution in [0, 0.1) is 4.64 Å². The number of aromatic nitrogens is 4. The van der Waals surface area contributed by atoms with Gasteiger partial charge in [-0.15, -0.1) is 5.10 Å². The van der Waals surface area contributed by atoms with Crippen LogP contribution < -0.4 is 0 Å². The molecule has 17 heavy (non-hydrogen) atoms. The van der Waals surface area contributed by atoms with Gasteiger partial charge < -0.3 is 4.98 Å². The highest BCUT2D eigenvalue weighted by Crippen LogP contribution is 2.31. The Kier molecular flexibility index (Phi) is 2.74. The smallest absolute Gasteiger partial charge is 0.345 e. The van der Waals surface area contributed by atoms with Gasteiger partial charge in [0, 0.05) is 7.05 Å². The fourth-order valence-corrected chi connectivity index (χ4v) is 1.62. The van der Waals surface area contributed by atoms with E-state index in [1.165, 1.54) is 10.9 Å². The van der Waals surface area contributed by atoms with Crippen LogP contribution in [0.2, 0.25) is 0 Å². The van der Waals surface area contributed by atoms with Gasteiger partial charge in [0.1, 0.15) is 10.3 Å². The highest BCUT2D eigenvalue weighted by molar-refractivity contribution is 7.71. The number of hydrogen-bond acceptors (Lipinski definition) is 3. The van der Waals surface area contributed by atoms with Crippen LogP contribution in [0.1, 0.15) is 5.56 Å². The molecule has 0 aliphatic carbocycles. The summed E-state index contributed by atoms with van der Waals surface area (Å²) in [5, 5.41) is 7.24. The van der Waals surface area contributed by atoms with Crippen molar-refractivity contribution < 1.29 is 13.2 Å². The lowest BCUT2D eigenvalue weighted by Crippen LogP contribution is -2.06. The summed E-state index contributed by atoms with van der Waals surface area (Å²) in [5.74, 6) is 0. The molecule has 0 saturated carbocycles. The van der Waals surface area contributed by atoms with Crippen LogP contribution in [0.4, 0.5) is 13.2 Å². The van der Waals surface area contributed by atoms with Crippen molar-refractivity contribution in [2.24, 2.45) is 7.05 Å². The number of halogens is 3. The molecule has 0 aliphatic rings. The molecular weight excluding hydrogens is 253 g/mol. The number of nitrogens with zero attached hydrogens (tertiary/aromatic N) is 3. The van der Waals surface area contributed by atoms with E-state index in [0.717, 1.165) is 12.1 Å². The van der Waals surface area contributed by atoms with E-state index in [-0.39, 0.29) is 10.3 Å². The Bertz CT molecular complexity index is 599. The van der Waals surface area contributed by atoms with Crippen LogP contribution in [0.15, 0.2) is 18.3 Å². The van der Waals surface area contributed by atoms with Gasteiger partial charge in [0.25, 0.3) is 0 Å². The Labute approximate surface area is 99.1 Å². The summed E-state index contributed by atoms with van der Waals surface area (Å²) in [6.07, 6.45) is -3.07. The van der Waals surface area contributed by atoms with Crippen LogP contribution in [-0.4, -0.2) is 20.0 Å². The maximum atomic E-state index is 12.6. The molecule has 2 rings (SSSR count). The topological polar surface area (TPSA) is 46.5 Å². The molecule has 2 aromatic rings. The summed E-state index contributed by atoms with van der Waals surface area (Å²) >= 11 is 4.77. The normalized spacial score (nSPS) is 11.8. The number of H-pyrrole nitrogens is 1. The molecule has 0 atom stereocenters. The molecule has 2 heterocycles. The van der Waals surface area contributed by atoms with Crippen LogP contribution in [0.25, 0.3) is 11.4 Å². The van der Waals surface area contributed by atoms with Gasteiger partial charge in [-0.05, 0) is 12.1 Å². The van der Waals surface area contributed by atoms with Crippen LogP contribution in [0.3, 0.4) is 0 Å². The molecule has 0 saturated heterocycles. The summed E-state index contributed by atoms with van der Waals surface area (Å²) in [6, 6.07) is 1.86. The quantitative estimate of drug-likeness (QED) is 0.801. The molecule has 2 aromatic heterocycles. The number of nitrogens with one attached hydrogen (secondary N) is 1. The number of pyridine rings is 1. The van der Waals surface area contributed by atoms with Gasteiger partial charge in [0.2, 0.25) is 0 Å². The lowest BCUT2D eigenvalue weighted by atomic mass is 10.2. The average Bonchev–Trinajstić information content (AvgIpc) is 2.62. The lowest BCUT2D eigenvalue weighted by molar-refractivity contribution is -0.137. The highest BCUT2D eigenvalue weighted by Gasteiger charge is 2.31. The second-order valence-electron chi connectivity index (χ2n) is 3.39. The molecule has 0 unspecified atom stereocenters. The third kappa shape index (κ3) is 2.36. The van der Waals surface area contributed by atoms with E-state index in [2.05, 4.69) is 15.3 Å². The number of hydrogen-bond donors (Lipinski definition) is 1. The Morgan fingerprint density at radius 1 is 1.35 bits per heavy atom. The van der Waals surface area contributed by atoms with Crippen molar-refractivity contribution >= 4 is 12.2 Å². The van der Waals surface area contributed by atoms with Crippen molar-refractivity contribution in [3.8, 4) is 11.4 Å². The zero-order valence-electron chi connectivity index (χ0n) is 8.62. The fraction of sp³-hybridized carbons (Fsp3) is 0.222. The predicted molar refractivity (Wildman–Crippen MR) is 56.6 cm³/mol. The van der Waals surface area contributed by atoms with Gasteiger partial charge in [-0.3, -0.25) is 0 Å². The molecule has 0 amide bonds. The first-order valence-electron chi connectivity index (χ1n) is 4.54. The molecule has 0 aromatic carbocycles. The van der Waals surface area contributed by atoms with E-state index in [4.69, 9.17) is 12.2 Å². The van der Waals surface area contributed by atoms with Gasteiger partial charge >= 0.3 is 6.18 Å². The summed E-state index contributed by atoms with van der Waals surface area (Å²) in [6.45, 7) is 0. The highest BCUT2D eigenvalue weighted by atomic mass is 32.1. The number of rotatable bonds is 1. The van der Waals surface area contributed by atoms with Crippen molar-refractivity contribution in [2.75, 3.05) is 0 Å². The largest absolute Gasteiger partial charge is 0.416 e. The lowest BCUT2D eigenvalue weighted by Gasteiger charge is -2.08. The molecule has 0 aliphatic heterocycles. The Hall–Kier alpha value is -1.70. The molecule has 0 spiro atoms. The molecular formula is C9H7F3N4S. The van der Waals surface area contributed by atoms with Crippen LogP contribution >= 0.6 is 12.2 Å². The van der Waals surface area contributed by atoms with E-state index < -0.39 is 11.7 Å². The number of aromatic amines is 1. The standard InChI is InChI=1S/C9H7F3N4S/c1-16-7(4-13-15-16)6-2-5(9(10,11)12)3-8(17)14-6/h2-4H,1H3,(H,14,17). The third-order valence-electron chi connectivity index (χ3n) is 2.16. The Morgan fingerprint density at radius 3 is 2.59 bits per heavy atom. The first-order chi connectivity index (χ1) is 7.88. The monoisotopic (exact) mass is 260 g/mol. The molecule has 4 nitrogen and oxygen atoms in total. The molecule has 0 fully saturated rings. The van der Waals surface area contributed by atoms with Gasteiger partial charge in [-0.1, -0.05) is 17.4 Å². The summed E-state index contributed by atoms with van der Waals surface area (Å²) in [7, 11) is 1.58. The minimum absolute atomic E-state index is 0.0102. The summed E-state index contributed by atoms with van der Waals surface area (Å²) in [5.41, 5.74) is -0.128. The maximum absolute atomic E-state index is 12.6. The van der Waals surface area contributed by atoms with Crippen molar-refractivity contribution in [3.05, 3.63) is 28.5 Å². The van der Waals surface area contributed by atoms with Crippen LogP contribution in [-0.2, 0) is 13.2 Å². The van der Waals surface area contributed by atoms with E-state index >= 15 is 0 Å². The molecule has 8 heteroatoms. The first kappa shape index (κ1) is 11.8. The minimum Gasteiger partial charge on any atom is -0.345 e. The minimum atomic E-state index is -4.43. The van der Waals surface area contributed by atoms with Crippen molar-refractivity contribution in [3.63, 3.8) is 0 Å². The van der Waals surface area contributed by atoms with E-state index in [9.17, 15) is 13.2 Å². The average molecular weight is 260 g/mol. The number of aryl methyl sites for hydroxylation is 1.